The number of nitrogens with one attached hydrogen (secondary N) is 1. The van der Waals surface area contributed by atoms with E-state index in [4.69, 9.17) is 21.1 Å². The van der Waals surface area contributed by atoms with Gasteiger partial charge in [0, 0.05) is 18.9 Å². The summed E-state index contributed by atoms with van der Waals surface area (Å²) in [6, 6.07) is 15.2. The van der Waals surface area contributed by atoms with E-state index in [2.05, 4.69) is 10.3 Å². The van der Waals surface area contributed by atoms with E-state index >= 15 is 0 Å². The zero-order valence-electron chi connectivity index (χ0n) is 15.4. The van der Waals surface area contributed by atoms with Crippen LogP contribution in [-0.4, -0.2) is 30.5 Å². The van der Waals surface area contributed by atoms with Gasteiger partial charge in [-0.05, 0) is 42.5 Å². The average Bonchev–Trinajstić information content (AvgIpc) is 2.83. The summed E-state index contributed by atoms with van der Waals surface area (Å²) in [4.78, 5) is 30.7. The Morgan fingerprint density at radius 2 is 2.03 bits per heavy atom. The van der Waals surface area contributed by atoms with Crippen molar-refractivity contribution in [3.8, 4) is 17.4 Å². The number of hydrogen-bond donors (Lipinski definition) is 1. The molecule has 3 aromatic rings. The fraction of sp³-hybridized carbons (Fsp3) is 0.0952. The van der Waals surface area contributed by atoms with Gasteiger partial charge in [0.25, 0.3) is 11.8 Å². The number of nitrogens with zero attached hydrogens (tertiary/aromatic N) is 2. The molecule has 1 aromatic heterocycles. The number of aromatic nitrogens is 1. The van der Waals surface area contributed by atoms with Crippen LogP contribution in [0.3, 0.4) is 0 Å². The number of benzene rings is 2. The SMILES string of the molecule is CN1C(=O)c2cc(NC(=O)COc3ccccc3Cl)ccc2Oc2ncccc21. The van der Waals surface area contributed by atoms with Gasteiger partial charge in [0.1, 0.15) is 17.2 Å². The lowest BCUT2D eigenvalue weighted by atomic mass is 10.1. The fourth-order valence-electron chi connectivity index (χ4n) is 2.88. The predicted octanol–water partition coefficient (Wildman–Crippen LogP) is 4.13. The second kappa shape index (κ2) is 7.81. The first-order chi connectivity index (χ1) is 14.0. The summed E-state index contributed by atoms with van der Waals surface area (Å²) in [6.45, 7) is -0.222. The maximum Gasteiger partial charge on any atom is 0.262 e. The lowest BCUT2D eigenvalue weighted by molar-refractivity contribution is -0.118. The third-order valence-corrected chi connectivity index (χ3v) is 4.63. The maximum atomic E-state index is 12.9. The number of fused-ring (bicyclic) bond motifs is 2. The van der Waals surface area contributed by atoms with E-state index in [0.29, 0.717) is 39.3 Å². The Balaban J connectivity index is 1.51. The van der Waals surface area contributed by atoms with Gasteiger partial charge in [-0.25, -0.2) is 4.98 Å². The largest absolute Gasteiger partial charge is 0.482 e. The zero-order valence-corrected chi connectivity index (χ0v) is 16.1. The molecular weight excluding hydrogens is 394 g/mol. The van der Waals surface area contributed by atoms with Crippen LogP contribution >= 0.6 is 11.6 Å². The van der Waals surface area contributed by atoms with Gasteiger partial charge < -0.3 is 19.7 Å². The van der Waals surface area contributed by atoms with E-state index in [9.17, 15) is 9.59 Å². The van der Waals surface area contributed by atoms with Gasteiger partial charge >= 0.3 is 0 Å². The van der Waals surface area contributed by atoms with Gasteiger partial charge in [-0.1, -0.05) is 23.7 Å². The fourth-order valence-corrected chi connectivity index (χ4v) is 3.07. The zero-order chi connectivity index (χ0) is 20.4. The Hall–Kier alpha value is -3.58. The van der Waals surface area contributed by atoms with Crippen molar-refractivity contribution in [2.24, 2.45) is 0 Å². The second-order valence-corrected chi connectivity index (χ2v) is 6.68. The monoisotopic (exact) mass is 409 g/mol. The molecule has 0 spiro atoms. The van der Waals surface area contributed by atoms with Crippen molar-refractivity contribution in [1.29, 1.82) is 0 Å². The summed E-state index contributed by atoms with van der Waals surface area (Å²) < 4.78 is 11.2. The first-order valence-electron chi connectivity index (χ1n) is 8.75. The molecule has 29 heavy (non-hydrogen) atoms. The lowest BCUT2D eigenvalue weighted by Crippen LogP contribution is -2.25. The van der Waals surface area contributed by atoms with Crippen LogP contribution in [0.5, 0.6) is 17.4 Å². The van der Waals surface area contributed by atoms with E-state index in [1.165, 1.54) is 4.90 Å². The Morgan fingerprint density at radius 3 is 2.86 bits per heavy atom. The maximum absolute atomic E-state index is 12.9. The summed E-state index contributed by atoms with van der Waals surface area (Å²) in [7, 11) is 1.64. The molecule has 2 heterocycles. The average molecular weight is 410 g/mol. The molecule has 1 aliphatic heterocycles. The Morgan fingerprint density at radius 1 is 1.21 bits per heavy atom. The van der Waals surface area contributed by atoms with Gasteiger partial charge in [-0.15, -0.1) is 0 Å². The quantitative estimate of drug-likeness (QED) is 0.700. The van der Waals surface area contributed by atoms with Gasteiger partial charge in [0.15, 0.2) is 6.61 Å². The number of amides is 2. The summed E-state index contributed by atoms with van der Waals surface area (Å²) in [5.74, 6) is 0.471. The molecule has 0 bridgehead atoms. The summed E-state index contributed by atoms with van der Waals surface area (Å²) >= 11 is 6.01. The highest BCUT2D eigenvalue weighted by Crippen LogP contribution is 2.37. The molecule has 0 aliphatic carbocycles. The number of carbonyl (C=O) groups excluding carboxylic acids is 2. The second-order valence-electron chi connectivity index (χ2n) is 6.27. The van der Waals surface area contributed by atoms with Crippen molar-refractivity contribution in [2.75, 3.05) is 23.9 Å². The van der Waals surface area contributed by atoms with Crippen LogP contribution in [0.2, 0.25) is 5.02 Å². The van der Waals surface area contributed by atoms with Crippen molar-refractivity contribution in [1.82, 2.24) is 4.98 Å². The lowest BCUT2D eigenvalue weighted by Gasteiger charge is -2.15. The Kier molecular flexibility index (Phi) is 5.05. The number of carbonyl (C=O) groups is 2. The predicted molar refractivity (Wildman–Crippen MR) is 109 cm³/mol. The molecule has 146 valence electrons. The minimum absolute atomic E-state index is 0.222. The van der Waals surface area contributed by atoms with Crippen molar-refractivity contribution in [3.63, 3.8) is 0 Å². The standard InChI is InChI=1S/C21H16ClN3O4/c1-25-16-6-4-10-23-20(16)29-17-9-8-13(11-14(17)21(25)27)24-19(26)12-28-18-7-3-2-5-15(18)22/h2-11H,12H2,1H3,(H,24,26). The van der Waals surface area contributed by atoms with Gasteiger partial charge in [0.2, 0.25) is 5.88 Å². The molecule has 0 atom stereocenters. The van der Waals surface area contributed by atoms with Crippen LogP contribution in [0.25, 0.3) is 0 Å². The molecule has 0 saturated heterocycles. The van der Waals surface area contributed by atoms with Gasteiger partial charge in [-0.3, -0.25) is 9.59 Å². The third kappa shape index (κ3) is 3.86. The van der Waals surface area contributed by atoms with E-state index < -0.39 is 0 Å². The van der Waals surface area contributed by atoms with Crippen LogP contribution in [0.1, 0.15) is 10.4 Å². The number of anilines is 2. The first kappa shape index (κ1) is 18.8. The molecule has 2 aromatic carbocycles. The normalized spacial score (nSPS) is 12.3. The van der Waals surface area contributed by atoms with Gasteiger partial charge in [-0.2, -0.15) is 0 Å². The minimum Gasteiger partial charge on any atom is -0.482 e. The van der Waals surface area contributed by atoms with E-state index in [1.54, 1.807) is 67.8 Å². The number of hydrogen-bond acceptors (Lipinski definition) is 5. The molecule has 0 unspecified atom stereocenters. The van der Waals surface area contributed by atoms with Crippen molar-refractivity contribution in [3.05, 3.63) is 71.4 Å². The van der Waals surface area contributed by atoms with E-state index in [0.717, 1.165) is 0 Å². The molecule has 1 aliphatic rings. The van der Waals surface area contributed by atoms with Gasteiger partial charge in [0.05, 0.1) is 10.6 Å². The Labute approximate surface area is 171 Å². The number of halogens is 1. The smallest absolute Gasteiger partial charge is 0.262 e. The van der Waals surface area contributed by atoms with Crippen LogP contribution < -0.4 is 19.7 Å². The molecule has 0 saturated carbocycles. The minimum atomic E-state index is -0.384. The molecule has 8 heteroatoms. The highest BCUT2D eigenvalue weighted by Gasteiger charge is 2.26. The van der Waals surface area contributed by atoms with Crippen LogP contribution in [0.15, 0.2) is 60.8 Å². The summed E-state index contributed by atoms with van der Waals surface area (Å²) in [6.07, 6.45) is 1.59. The van der Waals surface area contributed by atoms with Crippen molar-refractivity contribution >= 4 is 34.8 Å². The number of pyridine rings is 1. The number of ether oxygens (including phenoxy) is 2. The highest BCUT2D eigenvalue weighted by molar-refractivity contribution is 6.32. The molecule has 1 N–H and O–H groups in total. The highest BCUT2D eigenvalue weighted by atomic mass is 35.5. The topological polar surface area (TPSA) is 80.8 Å². The molecule has 7 nitrogen and oxygen atoms in total. The van der Waals surface area contributed by atoms with Crippen LogP contribution in [0, 0.1) is 0 Å². The first-order valence-corrected chi connectivity index (χ1v) is 9.13. The molecule has 2 amide bonds. The summed E-state index contributed by atoms with van der Waals surface area (Å²) in [5, 5.41) is 3.13. The van der Waals surface area contributed by atoms with E-state index in [1.807, 2.05) is 0 Å². The van der Waals surface area contributed by atoms with Crippen LogP contribution in [-0.2, 0) is 4.79 Å². The molecule has 0 fully saturated rings. The molecule has 4 rings (SSSR count). The summed E-state index contributed by atoms with van der Waals surface area (Å²) in [5.41, 5.74) is 1.32. The van der Waals surface area contributed by atoms with Crippen molar-refractivity contribution in [2.45, 2.75) is 0 Å². The molecule has 0 radical (unpaired) electrons. The third-order valence-electron chi connectivity index (χ3n) is 4.31. The number of rotatable bonds is 4. The van der Waals surface area contributed by atoms with E-state index in [-0.39, 0.29) is 18.4 Å². The number of para-hydroxylation sites is 1. The van der Waals surface area contributed by atoms with Crippen molar-refractivity contribution < 1.29 is 19.1 Å². The Bertz CT molecular complexity index is 1100. The molecular formula is C21H16ClN3O4. The van der Waals surface area contributed by atoms with Crippen LogP contribution in [0.4, 0.5) is 11.4 Å².